The van der Waals surface area contributed by atoms with E-state index in [0.717, 1.165) is 31.4 Å². The zero-order valence-corrected chi connectivity index (χ0v) is 9.19. The van der Waals surface area contributed by atoms with Gasteiger partial charge in [-0.2, -0.15) is 5.10 Å². The summed E-state index contributed by atoms with van der Waals surface area (Å²) in [6.45, 7) is 2.87. The molecular formula is C11H19N3O. The van der Waals surface area contributed by atoms with Gasteiger partial charge in [-0.05, 0) is 32.6 Å². The monoisotopic (exact) mass is 209 g/mol. The number of hydrogen-bond donors (Lipinski definition) is 2. The molecular weight excluding hydrogens is 190 g/mol. The van der Waals surface area contributed by atoms with Crippen molar-refractivity contribution in [3.05, 3.63) is 18.0 Å². The van der Waals surface area contributed by atoms with Gasteiger partial charge in [-0.1, -0.05) is 0 Å². The second-order valence-electron chi connectivity index (χ2n) is 4.47. The summed E-state index contributed by atoms with van der Waals surface area (Å²) < 4.78 is 1.84. The van der Waals surface area contributed by atoms with Gasteiger partial charge in [0.15, 0.2) is 0 Å². The van der Waals surface area contributed by atoms with Crippen molar-refractivity contribution in [1.82, 2.24) is 9.78 Å². The lowest BCUT2D eigenvalue weighted by Crippen LogP contribution is -2.38. The Kier molecular flexibility index (Phi) is 2.80. The first kappa shape index (κ1) is 10.6. The van der Waals surface area contributed by atoms with Crippen molar-refractivity contribution in [2.75, 3.05) is 0 Å². The first-order chi connectivity index (χ1) is 7.14. The zero-order valence-electron chi connectivity index (χ0n) is 9.19. The predicted molar refractivity (Wildman–Crippen MR) is 58.2 cm³/mol. The fourth-order valence-corrected chi connectivity index (χ4v) is 2.33. The van der Waals surface area contributed by atoms with Gasteiger partial charge in [0, 0.05) is 24.3 Å². The lowest BCUT2D eigenvalue weighted by atomic mass is 9.79. The molecule has 2 unspecified atom stereocenters. The van der Waals surface area contributed by atoms with Crippen molar-refractivity contribution in [3.8, 4) is 0 Å². The molecule has 2 atom stereocenters. The molecule has 84 valence electrons. The summed E-state index contributed by atoms with van der Waals surface area (Å²) in [4.78, 5) is 0. The van der Waals surface area contributed by atoms with Gasteiger partial charge in [0.1, 0.15) is 0 Å². The minimum absolute atomic E-state index is 0.119. The maximum Gasteiger partial charge on any atom is 0.0941 e. The van der Waals surface area contributed by atoms with Crippen LogP contribution in [-0.2, 0) is 12.1 Å². The Balaban J connectivity index is 2.20. The molecule has 3 N–H and O–H groups in total. The molecule has 0 saturated heterocycles. The third-order valence-corrected chi connectivity index (χ3v) is 3.26. The lowest BCUT2D eigenvalue weighted by Gasteiger charge is -2.34. The lowest BCUT2D eigenvalue weighted by molar-refractivity contribution is -0.00723. The van der Waals surface area contributed by atoms with Gasteiger partial charge >= 0.3 is 0 Å². The maximum absolute atomic E-state index is 10.5. The summed E-state index contributed by atoms with van der Waals surface area (Å²) in [7, 11) is 0. The van der Waals surface area contributed by atoms with Gasteiger partial charge < -0.3 is 10.8 Å². The molecule has 1 aliphatic carbocycles. The van der Waals surface area contributed by atoms with E-state index >= 15 is 0 Å². The third kappa shape index (κ3) is 2.06. The molecule has 1 saturated carbocycles. The van der Waals surface area contributed by atoms with E-state index in [9.17, 15) is 5.11 Å². The largest absolute Gasteiger partial charge is 0.385 e. The number of nitrogens with two attached hydrogens (primary N) is 1. The maximum atomic E-state index is 10.5. The quantitative estimate of drug-likeness (QED) is 0.763. The molecule has 0 aliphatic heterocycles. The van der Waals surface area contributed by atoms with Crippen molar-refractivity contribution < 1.29 is 5.11 Å². The fraction of sp³-hybridized carbons (Fsp3) is 0.727. The molecule has 0 radical (unpaired) electrons. The highest BCUT2D eigenvalue weighted by Gasteiger charge is 2.35. The Morgan fingerprint density at radius 3 is 3.13 bits per heavy atom. The van der Waals surface area contributed by atoms with Gasteiger partial charge in [0.2, 0.25) is 0 Å². The van der Waals surface area contributed by atoms with Crippen LogP contribution in [0, 0.1) is 0 Å². The minimum Gasteiger partial charge on any atom is -0.385 e. The molecule has 1 aromatic rings. The Morgan fingerprint density at radius 1 is 1.73 bits per heavy atom. The average molecular weight is 209 g/mol. The molecule has 2 rings (SSSR count). The Morgan fingerprint density at radius 2 is 2.53 bits per heavy atom. The van der Waals surface area contributed by atoms with Crippen LogP contribution in [0.15, 0.2) is 12.4 Å². The van der Waals surface area contributed by atoms with Crippen LogP contribution in [0.4, 0.5) is 0 Å². The van der Waals surface area contributed by atoms with Crippen LogP contribution in [0.1, 0.15) is 38.2 Å². The predicted octanol–water partition coefficient (Wildman–Crippen LogP) is 0.992. The van der Waals surface area contributed by atoms with Crippen molar-refractivity contribution in [1.29, 1.82) is 0 Å². The molecule has 4 nitrogen and oxygen atoms in total. The number of aliphatic hydroxyl groups is 1. The molecule has 1 fully saturated rings. The van der Waals surface area contributed by atoms with Gasteiger partial charge in [0.25, 0.3) is 0 Å². The van der Waals surface area contributed by atoms with E-state index in [1.165, 1.54) is 0 Å². The smallest absolute Gasteiger partial charge is 0.0941 e. The van der Waals surface area contributed by atoms with Crippen LogP contribution in [-0.4, -0.2) is 20.9 Å². The first-order valence-corrected chi connectivity index (χ1v) is 5.65. The number of aryl methyl sites for hydroxylation is 1. The van der Waals surface area contributed by atoms with Crippen molar-refractivity contribution in [2.45, 2.75) is 50.8 Å². The first-order valence-electron chi connectivity index (χ1n) is 5.65. The molecule has 1 aliphatic rings. The van der Waals surface area contributed by atoms with Gasteiger partial charge in [-0.15, -0.1) is 0 Å². The molecule has 1 aromatic heterocycles. The summed E-state index contributed by atoms with van der Waals surface area (Å²) in [5.74, 6) is 0. The van der Waals surface area contributed by atoms with Crippen LogP contribution in [0.2, 0.25) is 0 Å². The SMILES string of the molecule is CCn1cc(C2(O)CCCC(N)C2)cn1. The fourth-order valence-electron chi connectivity index (χ4n) is 2.33. The number of nitrogens with zero attached hydrogens (tertiary/aromatic N) is 2. The highest BCUT2D eigenvalue weighted by Crippen LogP contribution is 2.36. The molecule has 0 bridgehead atoms. The number of hydrogen-bond acceptors (Lipinski definition) is 3. The van der Waals surface area contributed by atoms with E-state index in [1.807, 2.05) is 17.8 Å². The minimum atomic E-state index is -0.745. The van der Waals surface area contributed by atoms with E-state index in [-0.39, 0.29) is 6.04 Å². The molecule has 0 spiro atoms. The van der Waals surface area contributed by atoms with Crippen molar-refractivity contribution in [3.63, 3.8) is 0 Å². The molecule has 0 aromatic carbocycles. The van der Waals surface area contributed by atoms with Gasteiger partial charge in [-0.3, -0.25) is 4.68 Å². The molecule has 15 heavy (non-hydrogen) atoms. The second-order valence-corrected chi connectivity index (χ2v) is 4.47. The Bertz CT molecular complexity index is 336. The molecule has 1 heterocycles. The topological polar surface area (TPSA) is 64.1 Å². The highest BCUT2D eigenvalue weighted by atomic mass is 16.3. The number of rotatable bonds is 2. The summed E-state index contributed by atoms with van der Waals surface area (Å²) in [6.07, 6.45) is 7.16. The van der Waals surface area contributed by atoms with Crippen LogP contribution >= 0.6 is 0 Å². The zero-order chi connectivity index (χ0) is 10.9. The second kappa shape index (κ2) is 3.94. The third-order valence-electron chi connectivity index (χ3n) is 3.26. The van der Waals surface area contributed by atoms with Gasteiger partial charge in [-0.25, -0.2) is 0 Å². The van der Waals surface area contributed by atoms with Crippen molar-refractivity contribution in [2.24, 2.45) is 5.73 Å². The average Bonchev–Trinajstić information content (AvgIpc) is 2.66. The van der Waals surface area contributed by atoms with Crippen molar-refractivity contribution >= 4 is 0 Å². The summed E-state index contributed by atoms with van der Waals surface area (Å²) in [5.41, 5.74) is 6.07. The molecule has 0 amide bonds. The van der Waals surface area contributed by atoms with E-state index in [2.05, 4.69) is 5.10 Å². The van der Waals surface area contributed by atoms with E-state index in [4.69, 9.17) is 5.73 Å². The van der Waals surface area contributed by atoms with E-state index < -0.39 is 5.60 Å². The molecule has 4 heteroatoms. The van der Waals surface area contributed by atoms with Crippen LogP contribution in [0.3, 0.4) is 0 Å². The van der Waals surface area contributed by atoms with E-state index in [0.29, 0.717) is 6.42 Å². The van der Waals surface area contributed by atoms with Crippen LogP contribution in [0.25, 0.3) is 0 Å². The summed E-state index contributed by atoms with van der Waals surface area (Å²) in [5, 5.41) is 14.7. The summed E-state index contributed by atoms with van der Waals surface area (Å²) in [6, 6.07) is 0.119. The van der Waals surface area contributed by atoms with Gasteiger partial charge in [0.05, 0.1) is 11.8 Å². The summed E-state index contributed by atoms with van der Waals surface area (Å²) >= 11 is 0. The standard InChI is InChI=1S/C11H19N3O/c1-2-14-8-9(7-13-14)11(15)5-3-4-10(12)6-11/h7-8,10,15H,2-6,12H2,1H3. The van der Waals surface area contributed by atoms with Crippen LogP contribution in [0.5, 0.6) is 0 Å². The van der Waals surface area contributed by atoms with E-state index in [1.54, 1.807) is 6.20 Å². The Labute approximate surface area is 90.1 Å². The number of aromatic nitrogens is 2. The Hall–Kier alpha value is -0.870. The highest BCUT2D eigenvalue weighted by molar-refractivity contribution is 5.16. The van der Waals surface area contributed by atoms with Crippen LogP contribution < -0.4 is 5.73 Å². The normalized spacial score (nSPS) is 31.8.